The maximum absolute atomic E-state index is 13.0. The maximum Gasteiger partial charge on any atom is 0.265 e. The predicted octanol–water partition coefficient (Wildman–Crippen LogP) is 6.52. The van der Waals surface area contributed by atoms with Crippen molar-refractivity contribution < 1.29 is 22.7 Å². The Morgan fingerprint density at radius 1 is 1.17 bits per heavy atom. The van der Waals surface area contributed by atoms with Crippen LogP contribution in [0.3, 0.4) is 0 Å². The van der Waals surface area contributed by atoms with Gasteiger partial charge in [0.1, 0.15) is 16.7 Å². The molecule has 4 aromatic rings. The topological polar surface area (TPSA) is 94.6 Å². The summed E-state index contributed by atoms with van der Waals surface area (Å²) in [5.74, 6) is 0.869. The second-order valence-electron chi connectivity index (χ2n) is 8.02. The molecule has 0 fully saturated rings. The van der Waals surface area contributed by atoms with Gasteiger partial charge in [0.15, 0.2) is 9.84 Å². The van der Waals surface area contributed by atoms with Crippen LogP contribution in [0, 0.1) is 0 Å². The quantitative estimate of drug-likeness (QED) is 0.285. The van der Waals surface area contributed by atoms with Crippen molar-refractivity contribution in [3.63, 3.8) is 0 Å². The van der Waals surface area contributed by atoms with Crippen molar-refractivity contribution in [3.05, 3.63) is 75.2 Å². The number of aromatic nitrogens is 1. The van der Waals surface area contributed by atoms with Gasteiger partial charge in [-0.25, -0.2) is 13.4 Å². The zero-order valence-electron chi connectivity index (χ0n) is 18.2. The fraction of sp³-hybridized carbons (Fsp3) is 0.167. The molecule has 11 heteroatoms. The Labute approximate surface area is 215 Å². The number of thiophene rings is 1. The minimum atomic E-state index is -3.28. The molecule has 0 radical (unpaired) electrons. The molecule has 1 aliphatic rings. The van der Waals surface area contributed by atoms with Crippen LogP contribution in [0.5, 0.6) is 17.4 Å². The number of nitrogens with one attached hydrogen (secondary N) is 1. The van der Waals surface area contributed by atoms with Crippen molar-refractivity contribution in [3.8, 4) is 17.4 Å². The standard InChI is InChI=1S/C24H18Cl2N2O5S2/c1-35(30,31)21-5-6-32-18-12-19-13(7-17(18)21)8-20(34-19)24(29)27-15-10-22(26)28-23(11-15)33-16-4-2-3-14(25)9-16/h2-4,7-12,21H,5-6H2,1H3,(H,27,28,29). The van der Waals surface area contributed by atoms with Gasteiger partial charge in [0.05, 0.1) is 16.7 Å². The Hall–Kier alpha value is -2.85. The van der Waals surface area contributed by atoms with Crippen molar-refractivity contribution in [2.24, 2.45) is 0 Å². The summed E-state index contributed by atoms with van der Waals surface area (Å²) in [5.41, 5.74) is 1.03. The van der Waals surface area contributed by atoms with Gasteiger partial charge < -0.3 is 14.8 Å². The highest BCUT2D eigenvalue weighted by Crippen LogP contribution is 2.41. The van der Waals surface area contributed by atoms with Crippen molar-refractivity contribution in [1.29, 1.82) is 0 Å². The summed E-state index contributed by atoms with van der Waals surface area (Å²) in [6.45, 7) is 0.331. The number of rotatable bonds is 5. The normalized spacial score (nSPS) is 15.3. The van der Waals surface area contributed by atoms with E-state index in [2.05, 4.69) is 10.3 Å². The molecule has 35 heavy (non-hydrogen) atoms. The zero-order chi connectivity index (χ0) is 24.7. The molecule has 1 atom stereocenters. The van der Waals surface area contributed by atoms with E-state index < -0.39 is 15.1 Å². The summed E-state index contributed by atoms with van der Waals surface area (Å²) in [6, 6.07) is 15.2. The van der Waals surface area contributed by atoms with Gasteiger partial charge in [-0.2, -0.15) is 0 Å². The Morgan fingerprint density at radius 2 is 2.00 bits per heavy atom. The van der Waals surface area contributed by atoms with Crippen LogP contribution in [0.25, 0.3) is 10.1 Å². The number of carbonyl (C=O) groups is 1. The fourth-order valence-electron chi connectivity index (χ4n) is 3.89. The molecular formula is C24H18Cl2N2O5S2. The molecule has 1 amide bonds. The summed E-state index contributed by atoms with van der Waals surface area (Å²) >= 11 is 13.4. The van der Waals surface area contributed by atoms with Gasteiger partial charge in [-0.3, -0.25) is 4.79 Å². The predicted molar refractivity (Wildman–Crippen MR) is 138 cm³/mol. The van der Waals surface area contributed by atoms with Gasteiger partial charge >= 0.3 is 0 Å². The SMILES string of the molecule is CS(=O)(=O)C1CCOc2cc3sc(C(=O)Nc4cc(Cl)nc(Oc5cccc(Cl)c5)c4)cc3cc21. The van der Waals surface area contributed by atoms with Crippen molar-refractivity contribution in [1.82, 2.24) is 4.98 Å². The number of sulfone groups is 1. The number of anilines is 1. The number of halogens is 2. The number of nitrogens with zero attached hydrogens (tertiary/aromatic N) is 1. The van der Waals surface area contributed by atoms with Crippen molar-refractivity contribution >= 4 is 66.1 Å². The van der Waals surface area contributed by atoms with Crippen LogP contribution in [0.4, 0.5) is 5.69 Å². The molecule has 0 bridgehead atoms. The third-order valence-electron chi connectivity index (χ3n) is 5.42. The third-order valence-corrected chi connectivity index (χ3v) is 8.47. The molecule has 3 heterocycles. The smallest absolute Gasteiger partial charge is 0.265 e. The molecule has 5 rings (SSSR count). The minimum absolute atomic E-state index is 0.146. The second-order valence-corrected chi connectivity index (χ2v) is 12.2. The van der Waals surface area contributed by atoms with E-state index in [0.717, 1.165) is 10.1 Å². The molecular weight excluding hydrogens is 531 g/mol. The molecule has 1 unspecified atom stereocenters. The second kappa shape index (κ2) is 9.31. The van der Waals surface area contributed by atoms with E-state index in [1.54, 1.807) is 48.5 Å². The zero-order valence-corrected chi connectivity index (χ0v) is 21.4. The van der Waals surface area contributed by atoms with Crippen molar-refractivity contribution in [2.75, 3.05) is 18.2 Å². The largest absolute Gasteiger partial charge is 0.493 e. The monoisotopic (exact) mass is 548 g/mol. The molecule has 0 spiro atoms. The van der Waals surface area contributed by atoms with Crippen LogP contribution in [-0.4, -0.2) is 32.2 Å². The Balaban J connectivity index is 1.40. The van der Waals surface area contributed by atoms with Gasteiger partial charge in [-0.15, -0.1) is 11.3 Å². The van der Waals surface area contributed by atoms with E-state index in [1.807, 2.05) is 0 Å². The molecule has 180 valence electrons. The lowest BCUT2D eigenvalue weighted by atomic mass is 10.0. The van der Waals surface area contributed by atoms with Crippen LogP contribution < -0.4 is 14.8 Å². The number of hydrogen-bond acceptors (Lipinski definition) is 7. The number of amides is 1. The molecule has 2 aromatic heterocycles. The number of benzene rings is 2. The number of pyridine rings is 1. The van der Waals surface area contributed by atoms with Crippen molar-refractivity contribution in [2.45, 2.75) is 11.7 Å². The van der Waals surface area contributed by atoms with Crippen LogP contribution in [0.15, 0.2) is 54.6 Å². The molecule has 7 nitrogen and oxygen atoms in total. The lowest BCUT2D eigenvalue weighted by Gasteiger charge is -2.24. The number of fused-ring (bicyclic) bond motifs is 2. The molecule has 2 aromatic carbocycles. The van der Waals surface area contributed by atoms with E-state index >= 15 is 0 Å². The van der Waals surface area contributed by atoms with Gasteiger partial charge in [-0.1, -0.05) is 29.3 Å². The molecule has 0 aliphatic carbocycles. The average molecular weight is 549 g/mol. The van der Waals surface area contributed by atoms with E-state index in [-0.39, 0.29) is 16.9 Å². The van der Waals surface area contributed by atoms with Crippen LogP contribution >= 0.6 is 34.5 Å². The first-order valence-electron chi connectivity index (χ1n) is 10.5. The van der Waals surface area contributed by atoms with Gasteiger partial charge in [0, 0.05) is 39.7 Å². The fourth-order valence-corrected chi connectivity index (χ4v) is 6.41. The first-order chi connectivity index (χ1) is 16.7. The van der Waals surface area contributed by atoms with Crippen LogP contribution in [0.1, 0.15) is 26.9 Å². The van der Waals surface area contributed by atoms with E-state index in [9.17, 15) is 13.2 Å². The number of ether oxygens (including phenoxy) is 2. The van der Waals surface area contributed by atoms with Gasteiger partial charge in [-0.05, 0) is 47.9 Å². The Bertz CT molecular complexity index is 1570. The molecule has 0 saturated carbocycles. The first kappa shape index (κ1) is 23.9. The lowest BCUT2D eigenvalue weighted by Crippen LogP contribution is -2.20. The molecule has 1 N–H and O–H groups in total. The highest BCUT2D eigenvalue weighted by Gasteiger charge is 2.30. The number of carbonyl (C=O) groups excluding carboxylic acids is 1. The first-order valence-corrected chi connectivity index (χ1v) is 14.0. The Kier molecular flexibility index (Phi) is 6.35. The van der Waals surface area contributed by atoms with E-state index in [0.29, 0.717) is 45.7 Å². The summed E-state index contributed by atoms with van der Waals surface area (Å²) < 4.78 is 36.7. The van der Waals surface area contributed by atoms with Crippen LogP contribution in [-0.2, 0) is 9.84 Å². The summed E-state index contributed by atoms with van der Waals surface area (Å²) in [5, 5.41) is 3.63. The molecule has 1 aliphatic heterocycles. The number of hydrogen-bond donors (Lipinski definition) is 1. The maximum atomic E-state index is 13.0. The Morgan fingerprint density at radius 3 is 2.77 bits per heavy atom. The highest BCUT2D eigenvalue weighted by molar-refractivity contribution is 7.90. The lowest BCUT2D eigenvalue weighted by molar-refractivity contribution is 0.103. The minimum Gasteiger partial charge on any atom is -0.493 e. The third kappa shape index (κ3) is 5.23. The average Bonchev–Trinajstić information content (AvgIpc) is 3.19. The van der Waals surface area contributed by atoms with Gasteiger partial charge in [0.2, 0.25) is 5.88 Å². The summed E-state index contributed by atoms with van der Waals surface area (Å²) in [7, 11) is -3.28. The van der Waals surface area contributed by atoms with Gasteiger partial charge in [0.25, 0.3) is 5.91 Å². The molecule has 0 saturated heterocycles. The van der Waals surface area contributed by atoms with Crippen LogP contribution in [0.2, 0.25) is 10.2 Å². The summed E-state index contributed by atoms with van der Waals surface area (Å²) in [4.78, 5) is 17.6. The highest BCUT2D eigenvalue weighted by atomic mass is 35.5. The van der Waals surface area contributed by atoms with E-state index in [1.165, 1.54) is 23.7 Å². The summed E-state index contributed by atoms with van der Waals surface area (Å²) in [6.07, 6.45) is 1.63. The van der Waals surface area contributed by atoms with E-state index in [4.69, 9.17) is 32.7 Å².